The van der Waals surface area contributed by atoms with E-state index in [0.717, 1.165) is 18.2 Å². The van der Waals surface area contributed by atoms with Crippen LogP contribution in [-0.2, 0) is 0 Å². The second-order valence-electron chi connectivity index (χ2n) is 5.34. The molecule has 0 aliphatic heterocycles. The molecule has 100 valence electrons. The van der Waals surface area contributed by atoms with Crippen LogP contribution in [0, 0.1) is 5.92 Å². The van der Waals surface area contributed by atoms with Crippen molar-refractivity contribution >= 4 is 0 Å². The SMILES string of the molecule is CNCC1CCCCCC1c1cccc(OC)c1. The molecule has 2 unspecified atom stereocenters. The van der Waals surface area contributed by atoms with E-state index >= 15 is 0 Å². The fraction of sp³-hybridized carbons (Fsp3) is 0.625. The zero-order valence-electron chi connectivity index (χ0n) is 11.6. The fourth-order valence-corrected chi connectivity index (χ4v) is 3.20. The Kier molecular flexibility index (Phi) is 5.06. The smallest absolute Gasteiger partial charge is 0.119 e. The Labute approximate surface area is 111 Å². The lowest BCUT2D eigenvalue weighted by Crippen LogP contribution is -2.24. The van der Waals surface area contributed by atoms with E-state index in [4.69, 9.17) is 4.74 Å². The van der Waals surface area contributed by atoms with E-state index in [2.05, 4.69) is 30.6 Å². The monoisotopic (exact) mass is 247 g/mol. The van der Waals surface area contributed by atoms with E-state index in [1.807, 2.05) is 6.07 Å². The van der Waals surface area contributed by atoms with Gasteiger partial charge in [-0.05, 0) is 56.0 Å². The Morgan fingerprint density at radius 1 is 1.22 bits per heavy atom. The third-order valence-electron chi connectivity index (χ3n) is 4.15. The number of methoxy groups -OCH3 is 1. The minimum absolute atomic E-state index is 0.690. The molecule has 1 aromatic carbocycles. The van der Waals surface area contributed by atoms with Crippen LogP contribution in [-0.4, -0.2) is 20.7 Å². The summed E-state index contributed by atoms with van der Waals surface area (Å²) >= 11 is 0. The number of hydrogen-bond acceptors (Lipinski definition) is 2. The van der Waals surface area contributed by atoms with Crippen molar-refractivity contribution < 1.29 is 4.74 Å². The third kappa shape index (κ3) is 3.26. The van der Waals surface area contributed by atoms with E-state index in [-0.39, 0.29) is 0 Å². The summed E-state index contributed by atoms with van der Waals surface area (Å²) in [7, 11) is 3.81. The van der Waals surface area contributed by atoms with Crippen molar-refractivity contribution in [3.8, 4) is 5.75 Å². The van der Waals surface area contributed by atoms with Crippen LogP contribution in [0.1, 0.15) is 43.6 Å². The Morgan fingerprint density at radius 2 is 2.06 bits per heavy atom. The summed E-state index contributed by atoms with van der Waals surface area (Å²) in [6.45, 7) is 1.13. The molecule has 0 spiro atoms. The summed E-state index contributed by atoms with van der Waals surface area (Å²) < 4.78 is 5.36. The molecule has 0 aromatic heterocycles. The zero-order chi connectivity index (χ0) is 12.8. The van der Waals surface area contributed by atoms with Crippen LogP contribution in [0.2, 0.25) is 0 Å². The van der Waals surface area contributed by atoms with Crippen LogP contribution in [0.5, 0.6) is 5.75 Å². The van der Waals surface area contributed by atoms with E-state index in [1.165, 1.54) is 37.7 Å². The predicted octanol–water partition coefficient (Wildman–Crippen LogP) is 3.58. The second-order valence-corrected chi connectivity index (χ2v) is 5.34. The lowest BCUT2D eigenvalue weighted by atomic mass is 9.82. The molecule has 0 amide bonds. The molecule has 0 saturated heterocycles. The van der Waals surface area contributed by atoms with Gasteiger partial charge >= 0.3 is 0 Å². The average molecular weight is 247 g/mol. The van der Waals surface area contributed by atoms with Gasteiger partial charge in [0.1, 0.15) is 5.75 Å². The van der Waals surface area contributed by atoms with Crippen LogP contribution in [0.25, 0.3) is 0 Å². The van der Waals surface area contributed by atoms with Crippen molar-refractivity contribution in [1.82, 2.24) is 5.32 Å². The van der Waals surface area contributed by atoms with E-state index < -0.39 is 0 Å². The quantitative estimate of drug-likeness (QED) is 0.821. The molecule has 0 radical (unpaired) electrons. The maximum atomic E-state index is 5.36. The van der Waals surface area contributed by atoms with Crippen molar-refractivity contribution in [2.75, 3.05) is 20.7 Å². The largest absolute Gasteiger partial charge is 0.497 e. The molecule has 0 heterocycles. The van der Waals surface area contributed by atoms with Crippen LogP contribution in [0.4, 0.5) is 0 Å². The predicted molar refractivity (Wildman–Crippen MR) is 76.2 cm³/mol. The molecule has 1 aliphatic carbocycles. The van der Waals surface area contributed by atoms with Gasteiger partial charge in [-0.25, -0.2) is 0 Å². The Bertz CT molecular complexity index is 364. The van der Waals surface area contributed by atoms with Gasteiger partial charge in [-0.1, -0.05) is 31.4 Å². The summed E-state index contributed by atoms with van der Waals surface area (Å²) in [4.78, 5) is 0. The summed E-state index contributed by atoms with van der Waals surface area (Å²) in [5.74, 6) is 2.44. The molecule has 2 atom stereocenters. The van der Waals surface area contributed by atoms with E-state index in [0.29, 0.717) is 5.92 Å². The first-order chi connectivity index (χ1) is 8.85. The summed E-state index contributed by atoms with van der Waals surface area (Å²) in [5, 5.41) is 3.36. The zero-order valence-corrected chi connectivity index (χ0v) is 11.6. The highest BCUT2D eigenvalue weighted by Gasteiger charge is 2.24. The Hall–Kier alpha value is -1.02. The van der Waals surface area contributed by atoms with Crippen molar-refractivity contribution in [2.45, 2.75) is 38.0 Å². The van der Waals surface area contributed by atoms with Gasteiger partial charge in [0.2, 0.25) is 0 Å². The number of ether oxygens (including phenoxy) is 1. The average Bonchev–Trinajstić information content (AvgIpc) is 2.65. The fourth-order valence-electron chi connectivity index (χ4n) is 3.20. The molecule has 2 heteroatoms. The maximum Gasteiger partial charge on any atom is 0.119 e. The van der Waals surface area contributed by atoms with Gasteiger partial charge in [0.05, 0.1) is 7.11 Å². The standard InChI is InChI=1S/C16H25NO/c1-17-12-14-7-4-3-5-10-16(14)13-8-6-9-15(11-13)18-2/h6,8-9,11,14,16-17H,3-5,7,10,12H2,1-2H3. The first-order valence-corrected chi connectivity index (χ1v) is 7.13. The summed E-state index contributed by atoms with van der Waals surface area (Å²) in [5.41, 5.74) is 1.46. The van der Waals surface area contributed by atoms with Gasteiger partial charge in [0.25, 0.3) is 0 Å². The third-order valence-corrected chi connectivity index (χ3v) is 4.15. The highest BCUT2D eigenvalue weighted by atomic mass is 16.5. The molecule has 2 rings (SSSR count). The number of hydrogen-bond donors (Lipinski definition) is 1. The minimum atomic E-state index is 0.690. The van der Waals surface area contributed by atoms with Crippen LogP contribution < -0.4 is 10.1 Å². The molecule has 1 fully saturated rings. The lowest BCUT2D eigenvalue weighted by Gasteiger charge is -2.25. The van der Waals surface area contributed by atoms with Gasteiger partial charge in [0, 0.05) is 0 Å². The first kappa shape index (κ1) is 13.4. The molecular formula is C16H25NO. The van der Waals surface area contributed by atoms with Crippen molar-refractivity contribution in [3.63, 3.8) is 0 Å². The normalized spacial score (nSPS) is 24.6. The number of benzene rings is 1. The highest BCUT2D eigenvalue weighted by Crippen LogP contribution is 2.37. The number of nitrogens with one attached hydrogen (secondary N) is 1. The number of rotatable bonds is 4. The topological polar surface area (TPSA) is 21.3 Å². The van der Waals surface area contributed by atoms with Crippen molar-refractivity contribution in [3.05, 3.63) is 29.8 Å². The van der Waals surface area contributed by atoms with Crippen molar-refractivity contribution in [2.24, 2.45) is 5.92 Å². The minimum Gasteiger partial charge on any atom is -0.497 e. The van der Waals surface area contributed by atoms with Gasteiger partial charge in [-0.2, -0.15) is 0 Å². The second kappa shape index (κ2) is 6.79. The Balaban J connectivity index is 2.19. The van der Waals surface area contributed by atoms with Gasteiger partial charge in [0.15, 0.2) is 0 Å². The molecular weight excluding hydrogens is 222 g/mol. The van der Waals surface area contributed by atoms with Gasteiger partial charge < -0.3 is 10.1 Å². The summed E-state index contributed by atoms with van der Waals surface area (Å²) in [6, 6.07) is 8.64. The van der Waals surface area contributed by atoms with Crippen LogP contribution >= 0.6 is 0 Å². The van der Waals surface area contributed by atoms with Crippen molar-refractivity contribution in [1.29, 1.82) is 0 Å². The van der Waals surface area contributed by atoms with Crippen LogP contribution in [0.15, 0.2) is 24.3 Å². The molecule has 0 bridgehead atoms. The molecule has 1 aliphatic rings. The molecule has 2 nitrogen and oxygen atoms in total. The molecule has 1 aromatic rings. The Morgan fingerprint density at radius 3 is 2.83 bits per heavy atom. The highest BCUT2D eigenvalue weighted by molar-refractivity contribution is 5.31. The maximum absolute atomic E-state index is 5.36. The molecule has 1 N–H and O–H groups in total. The van der Waals surface area contributed by atoms with Gasteiger partial charge in [-0.15, -0.1) is 0 Å². The molecule has 18 heavy (non-hydrogen) atoms. The van der Waals surface area contributed by atoms with E-state index in [9.17, 15) is 0 Å². The lowest BCUT2D eigenvalue weighted by molar-refractivity contribution is 0.381. The first-order valence-electron chi connectivity index (χ1n) is 7.13. The van der Waals surface area contributed by atoms with E-state index in [1.54, 1.807) is 7.11 Å². The molecule has 1 saturated carbocycles. The van der Waals surface area contributed by atoms with Crippen LogP contribution in [0.3, 0.4) is 0 Å². The summed E-state index contributed by atoms with van der Waals surface area (Å²) in [6.07, 6.45) is 6.80. The van der Waals surface area contributed by atoms with Gasteiger partial charge in [-0.3, -0.25) is 0 Å².